The van der Waals surface area contributed by atoms with Gasteiger partial charge in [-0.05, 0) is 37.0 Å². The summed E-state index contributed by atoms with van der Waals surface area (Å²) in [6.45, 7) is 3.50. The van der Waals surface area contributed by atoms with Crippen LogP contribution in [0.4, 0.5) is 5.69 Å². The lowest BCUT2D eigenvalue weighted by molar-refractivity contribution is -0.123. The number of hydrogen-bond acceptors (Lipinski definition) is 8. The molecule has 1 fully saturated rings. The molecule has 0 aromatic heterocycles. The van der Waals surface area contributed by atoms with Gasteiger partial charge in [-0.1, -0.05) is 19.8 Å². The second kappa shape index (κ2) is 8.26. The molecule has 1 aromatic carbocycles. The summed E-state index contributed by atoms with van der Waals surface area (Å²) in [7, 11) is 5.28. The van der Waals surface area contributed by atoms with Gasteiger partial charge >= 0.3 is 0 Å². The topological polar surface area (TPSA) is 115 Å². The summed E-state index contributed by atoms with van der Waals surface area (Å²) in [5.74, 6) is -0.425. The first kappa shape index (κ1) is 22.6. The zero-order valence-corrected chi connectivity index (χ0v) is 20.4. The van der Waals surface area contributed by atoms with E-state index in [1.165, 1.54) is 12.8 Å². The fraction of sp³-hybridized carbons (Fsp3) is 0.583. The third-order valence-corrected chi connectivity index (χ3v) is 7.51. The van der Waals surface area contributed by atoms with E-state index in [9.17, 15) is 9.59 Å². The van der Waals surface area contributed by atoms with E-state index in [0.717, 1.165) is 37.2 Å². The number of hydrogen-bond donors (Lipinski definition) is 4. The minimum atomic E-state index is -1.43. The molecule has 3 heterocycles. The van der Waals surface area contributed by atoms with E-state index >= 15 is 0 Å². The molecule has 10 heteroatoms. The van der Waals surface area contributed by atoms with E-state index in [2.05, 4.69) is 27.8 Å². The number of carbonyl (C=O) groups excluding carboxylic acids is 2. The van der Waals surface area contributed by atoms with Gasteiger partial charge in [0.2, 0.25) is 5.91 Å². The van der Waals surface area contributed by atoms with E-state index in [1.54, 1.807) is 25.1 Å². The van der Waals surface area contributed by atoms with Crippen molar-refractivity contribution < 1.29 is 14.3 Å². The highest BCUT2D eigenvalue weighted by atomic mass is 16.5. The van der Waals surface area contributed by atoms with Crippen LogP contribution in [0.3, 0.4) is 0 Å². The van der Waals surface area contributed by atoms with Crippen molar-refractivity contribution in [3.05, 3.63) is 34.8 Å². The molecule has 1 saturated carbocycles. The molecule has 5 N–H and O–H groups in total. The van der Waals surface area contributed by atoms with Gasteiger partial charge in [0.25, 0.3) is 11.8 Å². The Morgan fingerprint density at radius 2 is 1.91 bits per heavy atom. The molecule has 0 radical (unpaired) electrons. The molecule has 184 valence electrons. The van der Waals surface area contributed by atoms with Crippen LogP contribution in [0.15, 0.2) is 23.7 Å². The molecule has 2 amide bonds. The second-order valence-electron chi connectivity index (χ2n) is 9.87. The Labute approximate surface area is 200 Å². The van der Waals surface area contributed by atoms with Crippen molar-refractivity contribution in [1.82, 2.24) is 25.3 Å². The molecular weight excluding hydrogens is 434 g/mol. The lowest BCUT2D eigenvalue weighted by atomic mass is 10.0. The third-order valence-electron chi connectivity index (χ3n) is 7.51. The predicted molar refractivity (Wildman–Crippen MR) is 128 cm³/mol. The van der Waals surface area contributed by atoms with Gasteiger partial charge in [-0.2, -0.15) is 0 Å². The Bertz CT molecular complexity index is 1050. The number of nitrogens with two attached hydrogens (primary N) is 1. The summed E-state index contributed by atoms with van der Waals surface area (Å²) in [6, 6.07) is 4.29. The van der Waals surface area contributed by atoms with Crippen LogP contribution < -0.4 is 26.4 Å². The predicted octanol–water partition coefficient (Wildman–Crippen LogP) is 1.12. The number of nitrogens with zero attached hydrogens (tertiary/aromatic N) is 3. The molecule has 1 unspecified atom stereocenters. The minimum absolute atomic E-state index is 0.0377. The average molecular weight is 470 g/mol. The molecule has 3 aliphatic heterocycles. The van der Waals surface area contributed by atoms with Crippen molar-refractivity contribution in [1.29, 1.82) is 0 Å². The fourth-order valence-corrected chi connectivity index (χ4v) is 5.86. The van der Waals surface area contributed by atoms with Crippen molar-refractivity contribution in [3.63, 3.8) is 0 Å². The van der Waals surface area contributed by atoms with Gasteiger partial charge in [-0.3, -0.25) is 20.6 Å². The number of benzene rings is 1. The van der Waals surface area contributed by atoms with Crippen LogP contribution in [-0.4, -0.2) is 72.3 Å². The first-order valence-corrected chi connectivity index (χ1v) is 12.1. The van der Waals surface area contributed by atoms with E-state index < -0.39 is 5.91 Å². The smallest absolute Gasteiger partial charge is 0.275 e. The quantitative estimate of drug-likeness (QED) is 0.475. The van der Waals surface area contributed by atoms with E-state index in [-0.39, 0.29) is 11.8 Å². The van der Waals surface area contributed by atoms with Crippen LogP contribution in [0.2, 0.25) is 0 Å². The highest BCUT2D eigenvalue weighted by Crippen LogP contribution is 2.37. The van der Waals surface area contributed by atoms with Gasteiger partial charge in [-0.15, -0.1) is 0 Å². The number of rotatable bonds is 5. The standard InChI is InChI=1S/C24H35N7O3/c1-5-15-13-29(2)20-21(31(15)16-8-6-7-9-16)27-24(25,28-22(20)32)26-18-10-14-12-30(3)23(33)17(14)11-19(18)34-4/h10-11,15-16,26-27H,5-9,12-13,25H2,1-4H3,(H,28,32)/t15?,24-/m1/s1. The Morgan fingerprint density at radius 1 is 1.18 bits per heavy atom. The average Bonchev–Trinajstić information content (AvgIpc) is 3.40. The SMILES string of the molecule is CCC1CN(C)C2=C(N[C@@](N)(Nc3cc4c(cc3OC)C(=O)N(C)C4)NC2=O)N1C1CCCC1. The van der Waals surface area contributed by atoms with Crippen LogP contribution in [0.5, 0.6) is 5.75 Å². The van der Waals surface area contributed by atoms with Crippen molar-refractivity contribution >= 4 is 17.5 Å². The summed E-state index contributed by atoms with van der Waals surface area (Å²) in [6.07, 6.45) is 5.62. The molecule has 0 bridgehead atoms. The summed E-state index contributed by atoms with van der Waals surface area (Å²) in [5, 5.41) is 9.60. The number of amides is 2. The number of methoxy groups -OCH3 is 1. The number of ether oxygens (including phenoxy) is 1. The molecule has 1 aliphatic carbocycles. The van der Waals surface area contributed by atoms with Gasteiger partial charge < -0.3 is 30.1 Å². The first-order valence-electron chi connectivity index (χ1n) is 12.1. The summed E-state index contributed by atoms with van der Waals surface area (Å²) < 4.78 is 5.57. The van der Waals surface area contributed by atoms with Crippen molar-refractivity contribution in [2.45, 2.75) is 63.6 Å². The van der Waals surface area contributed by atoms with Crippen molar-refractivity contribution in [2.75, 3.05) is 33.1 Å². The number of fused-ring (bicyclic) bond motifs is 1. The first-order chi connectivity index (χ1) is 16.2. The number of likely N-dealkylation sites (N-methyl/N-ethyl adjacent to an activating group) is 1. The molecule has 4 aliphatic rings. The van der Waals surface area contributed by atoms with Gasteiger partial charge in [-0.25, -0.2) is 0 Å². The Balaban J connectivity index is 1.50. The number of anilines is 1. The van der Waals surface area contributed by atoms with E-state index in [4.69, 9.17) is 10.5 Å². The Hall–Kier alpha value is -3.14. The highest BCUT2D eigenvalue weighted by molar-refractivity contribution is 5.99. The Kier molecular flexibility index (Phi) is 5.50. The monoisotopic (exact) mass is 469 g/mol. The van der Waals surface area contributed by atoms with Gasteiger partial charge in [0.05, 0.1) is 12.8 Å². The Morgan fingerprint density at radius 3 is 2.59 bits per heavy atom. The van der Waals surface area contributed by atoms with Crippen molar-refractivity contribution in [2.24, 2.45) is 5.73 Å². The summed E-state index contributed by atoms with van der Waals surface area (Å²) in [5.41, 5.74) is 9.47. The van der Waals surface area contributed by atoms with E-state index in [0.29, 0.717) is 41.3 Å². The zero-order valence-electron chi connectivity index (χ0n) is 20.4. The van der Waals surface area contributed by atoms with Crippen LogP contribution in [0.1, 0.15) is 54.9 Å². The zero-order chi connectivity index (χ0) is 24.2. The van der Waals surface area contributed by atoms with Gasteiger partial charge in [0.15, 0.2) is 0 Å². The molecule has 34 heavy (non-hydrogen) atoms. The number of nitrogens with one attached hydrogen (secondary N) is 3. The normalized spacial score (nSPS) is 27.0. The molecule has 10 nitrogen and oxygen atoms in total. The van der Waals surface area contributed by atoms with Crippen LogP contribution in [-0.2, 0) is 11.3 Å². The van der Waals surface area contributed by atoms with Crippen LogP contribution in [0, 0.1) is 0 Å². The minimum Gasteiger partial charge on any atom is -0.495 e. The fourth-order valence-electron chi connectivity index (χ4n) is 5.86. The van der Waals surface area contributed by atoms with Crippen LogP contribution >= 0.6 is 0 Å². The van der Waals surface area contributed by atoms with Gasteiger partial charge in [0.1, 0.15) is 17.3 Å². The van der Waals surface area contributed by atoms with Crippen molar-refractivity contribution in [3.8, 4) is 5.75 Å². The third kappa shape index (κ3) is 3.60. The molecule has 2 atom stereocenters. The number of carbonyl (C=O) groups is 2. The lowest BCUT2D eigenvalue weighted by Gasteiger charge is -2.52. The molecule has 5 rings (SSSR count). The summed E-state index contributed by atoms with van der Waals surface area (Å²) in [4.78, 5) is 31.9. The molecule has 0 saturated heterocycles. The molecule has 0 spiro atoms. The molecule has 1 aromatic rings. The maximum atomic E-state index is 13.3. The molecular formula is C24H35N7O3. The maximum Gasteiger partial charge on any atom is 0.275 e. The highest BCUT2D eigenvalue weighted by Gasteiger charge is 2.46. The summed E-state index contributed by atoms with van der Waals surface area (Å²) >= 11 is 0. The van der Waals surface area contributed by atoms with Gasteiger partial charge in [0, 0.05) is 44.8 Å². The maximum absolute atomic E-state index is 13.3. The second-order valence-corrected chi connectivity index (χ2v) is 9.87. The largest absolute Gasteiger partial charge is 0.495 e. The van der Waals surface area contributed by atoms with Crippen LogP contribution in [0.25, 0.3) is 0 Å². The lowest BCUT2D eigenvalue weighted by Crippen LogP contribution is -2.76. The van der Waals surface area contributed by atoms with E-state index in [1.807, 2.05) is 18.0 Å².